The molecule has 0 radical (unpaired) electrons. The van der Waals surface area contributed by atoms with Crippen LogP contribution in [0.15, 0.2) is 36.7 Å². The zero-order chi connectivity index (χ0) is 13.7. The van der Waals surface area contributed by atoms with Gasteiger partial charge < -0.3 is 15.2 Å². The number of hydrogen-bond acceptors (Lipinski definition) is 5. The van der Waals surface area contributed by atoms with Crippen LogP contribution in [0.1, 0.15) is 10.4 Å². The van der Waals surface area contributed by atoms with Crippen molar-refractivity contribution in [1.82, 2.24) is 9.78 Å². The molecule has 0 fully saturated rings. The standard InChI is InChI=1S/C13H15N3O3/c1-18-13(17)11-9-10(14)3-4-12(11)19-8-7-16-6-2-5-15-16/h2-6,9H,7-8,14H2,1H3. The van der Waals surface area contributed by atoms with Crippen LogP contribution in [-0.2, 0) is 11.3 Å². The van der Waals surface area contributed by atoms with Gasteiger partial charge in [-0.25, -0.2) is 4.79 Å². The van der Waals surface area contributed by atoms with E-state index in [1.165, 1.54) is 13.2 Å². The van der Waals surface area contributed by atoms with Crippen LogP contribution < -0.4 is 10.5 Å². The van der Waals surface area contributed by atoms with Crippen LogP contribution in [0.3, 0.4) is 0 Å². The molecule has 0 aliphatic carbocycles. The lowest BCUT2D eigenvalue weighted by Crippen LogP contribution is -2.11. The summed E-state index contributed by atoms with van der Waals surface area (Å²) in [7, 11) is 1.32. The minimum absolute atomic E-state index is 0.322. The minimum atomic E-state index is -0.471. The molecular weight excluding hydrogens is 246 g/mol. The van der Waals surface area contributed by atoms with E-state index in [1.54, 1.807) is 23.0 Å². The molecule has 0 aliphatic rings. The zero-order valence-electron chi connectivity index (χ0n) is 10.6. The van der Waals surface area contributed by atoms with E-state index in [0.717, 1.165) is 0 Å². The number of benzene rings is 1. The molecule has 0 saturated carbocycles. The Morgan fingerprint density at radius 3 is 3.00 bits per heavy atom. The van der Waals surface area contributed by atoms with E-state index in [4.69, 9.17) is 15.2 Å². The molecule has 0 amide bonds. The van der Waals surface area contributed by atoms with Gasteiger partial charge in [0.1, 0.15) is 17.9 Å². The van der Waals surface area contributed by atoms with Crippen molar-refractivity contribution in [1.29, 1.82) is 0 Å². The average Bonchev–Trinajstić information content (AvgIpc) is 2.92. The second-order valence-corrected chi connectivity index (χ2v) is 3.86. The molecule has 0 unspecified atom stereocenters. The third kappa shape index (κ3) is 3.25. The number of anilines is 1. The number of hydrogen-bond donors (Lipinski definition) is 1. The number of nitrogens with zero attached hydrogens (tertiary/aromatic N) is 2. The van der Waals surface area contributed by atoms with Gasteiger partial charge in [-0.15, -0.1) is 0 Å². The summed E-state index contributed by atoms with van der Waals surface area (Å²) in [6.07, 6.45) is 3.54. The Hall–Kier alpha value is -2.50. The van der Waals surface area contributed by atoms with E-state index in [9.17, 15) is 4.79 Å². The minimum Gasteiger partial charge on any atom is -0.491 e. The van der Waals surface area contributed by atoms with E-state index < -0.39 is 5.97 Å². The number of esters is 1. The maximum absolute atomic E-state index is 11.6. The maximum atomic E-state index is 11.6. The van der Waals surface area contributed by atoms with Crippen molar-refractivity contribution in [2.24, 2.45) is 0 Å². The van der Waals surface area contributed by atoms with Gasteiger partial charge >= 0.3 is 5.97 Å². The molecular formula is C13H15N3O3. The predicted molar refractivity (Wildman–Crippen MR) is 69.9 cm³/mol. The predicted octanol–water partition coefficient (Wildman–Crippen LogP) is 1.33. The van der Waals surface area contributed by atoms with Crippen LogP contribution in [0.5, 0.6) is 5.75 Å². The first-order chi connectivity index (χ1) is 9.20. The van der Waals surface area contributed by atoms with Crippen LogP contribution in [0.4, 0.5) is 5.69 Å². The fourth-order valence-corrected chi connectivity index (χ4v) is 1.62. The lowest BCUT2D eigenvalue weighted by atomic mass is 10.2. The molecule has 1 heterocycles. The molecule has 2 aromatic rings. The van der Waals surface area contributed by atoms with Gasteiger partial charge in [0.15, 0.2) is 0 Å². The van der Waals surface area contributed by atoms with Gasteiger partial charge in [0.2, 0.25) is 0 Å². The second-order valence-electron chi connectivity index (χ2n) is 3.86. The third-order valence-corrected chi connectivity index (χ3v) is 2.55. The van der Waals surface area contributed by atoms with Gasteiger partial charge in [-0.1, -0.05) is 0 Å². The molecule has 19 heavy (non-hydrogen) atoms. The Morgan fingerprint density at radius 2 is 2.32 bits per heavy atom. The molecule has 6 heteroatoms. The van der Waals surface area contributed by atoms with Crippen molar-refractivity contribution in [2.75, 3.05) is 19.5 Å². The van der Waals surface area contributed by atoms with E-state index >= 15 is 0 Å². The molecule has 6 nitrogen and oxygen atoms in total. The van der Waals surface area contributed by atoms with Crippen molar-refractivity contribution in [3.63, 3.8) is 0 Å². The van der Waals surface area contributed by atoms with Crippen molar-refractivity contribution in [3.05, 3.63) is 42.2 Å². The average molecular weight is 261 g/mol. The number of carbonyl (C=O) groups excluding carboxylic acids is 1. The normalized spacial score (nSPS) is 10.2. The number of rotatable bonds is 5. The number of nitrogens with two attached hydrogens (primary N) is 1. The highest BCUT2D eigenvalue weighted by Gasteiger charge is 2.13. The molecule has 2 rings (SSSR count). The Kier molecular flexibility index (Phi) is 4.02. The van der Waals surface area contributed by atoms with E-state index in [-0.39, 0.29) is 0 Å². The van der Waals surface area contributed by atoms with Gasteiger partial charge in [0.25, 0.3) is 0 Å². The first kappa shape index (κ1) is 12.9. The first-order valence-corrected chi connectivity index (χ1v) is 5.79. The summed E-state index contributed by atoms with van der Waals surface area (Å²) in [6.45, 7) is 0.994. The fourth-order valence-electron chi connectivity index (χ4n) is 1.62. The number of carbonyl (C=O) groups is 1. The monoisotopic (exact) mass is 261 g/mol. The summed E-state index contributed by atoms with van der Waals surface area (Å²) < 4.78 is 12.0. The van der Waals surface area contributed by atoms with Crippen molar-refractivity contribution in [2.45, 2.75) is 6.54 Å². The van der Waals surface area contributed by atoms with Crippen LogP contribution in [-0.4, -0.2) is 29.5 Å². The maximum Gasteiger partial charge on any atom is 0.341 e. The lowest BCUT2D eigenvalue weighted by Gasteiger charge is -2.11. The summed E-state index contributed by atoms with van der Waals surface area (Å²) in [6, 6.07) is 6.71. The summed E-state index contributed by atoms with van der Waals surface area (Å²) in [4.78, 5) is 11.6. The zero-order valence-corrected chi connectivity index (χ0v) is 10.6. The molecule has 100 valence electrons. The fraction of sp³-hybridized carbons (Fsp3) is 0.231. The van der Waals surface area contributed by atoms with Crippen LogP contribution in [0.25, 0.3) is 0 Å². The number of aromatic nitrogens is 2. The SMILES string of the molecule is COC(=O)c1cc(N)ccc1OCCn1cccn1. The second kappa shape index (κ2) is 5.90. The highest BCUT2D eigenvalue weighted by Crippen LogP contribution is 2.22. The summed E-state index contributed by atoms with van der Waals surface area (Å²) in [5.41, 5.74) is 6.46. The number of ether oxygens (including phenoxy) is 2. The third-order valence-electron chi connectivity index (χ3n) is 2.55. The van der Waals surface area contributed by atoms with E-state index in [1.807, 2.05) is 12.3 Å². The molecule has 2 N–H and O–H groups in total. The molecule has 0 atom stereocenters. The van der Waals surface area contributed by atoms with Gasteiger partial charge in [0, 0.05) is 18.1 Å². The highest BCUT2D eigenvalue weighted by atomic mass is 16.5. The topological polar surface area (TPSA) is 79.4 Å². The van der Waals surface area contributed by atoms with Gasteiger partial charge in [0.05, 0.1) is 13.7 Å². The van der Waals surface area contributed by atoms with Crippen LogP contribution >= 0.6 is 0 Å². The van der Waals surface area contributed by atoms with Gasteiger partial charge in [-0.3, -0.25) is 4.68 Å². The van der Waals surface area contributed by atoms with Crippen molar-refractivity contribution >= 4 is 11.7 Å². The van der Waals surface area contributed by atoms with Gasteiger partial charge in [-0.2, -0.15) is 5.10 Å². The molecule has 1 aromatic heterocycles. The molecule has 1 aromatic carbocycles. The van der Waals surface area contributed by atoms with Gasteiger partial charge in [-0.05, 0) is 24.3 Å². The number of methoxy groups -OCH3 is 1. The Balaban J connectivity index is 2.04. The number of nitrogen functional groups attached to an aromatic ring is 1. The molecule has 0 bridgehead atoms. The van der Waals surface area contributed by atoms with Crippen molar-refractivity contribution < 1.29 is 14.3 Å². The largest absolute Gasteiger partial charge is 0.491 e. The molecule has 0 aliphatic heterocycles. The molecule has 0 saturated heterocycles. The smallest absolute Gasteiger partial charge is 0.341 e. The van der Waals surface area contributed by atoms with E-state index in [0.29, 0.717) is 30.2 Å². The summed E-state index contributed by atoms with van der Waals surface area (Å²) in [5, 5.41) is 4.06. The highest BCUT2D eigenvalue weighted by molar-refractivity contribution is 5.93. The van der Waals surface area contributed by atoms with E-state index in [2.05, 4.69) is 5.10 Å². The summed E-state index contributed by atoms with van der Waals surface area (Å²) >= 11 is 0. The molecule has 0 spiro atoms. The van der Waals surface area contributed by atoms with Crippen LogP contribution in [0, 0.1) is 0 Å². The Labute approximate surface area is 110 Å². The van der Waals surface area contributed by atoms with Crippen molar-refractivity contribution in [3.8, 4) is 5.75 Å². The quantitative estimate of drug-likeness (QED) is 0.649. The Bertz CT molecular complexity index is 552. The van der Waals surface area contributed by atoms with Crippen LogP contribution in [0.2, 0.25) is 0 Å². The lowest BCUT2D eigenvalue weighted by molar-refractivity contribution is 0.0596. The summed E-state index contributed by atoms with van der Waals surface area (Å²) in [5.74, 6) is -0.0189. The first-order valence-electron chi connectivity index (χ1n) is 5.79. The Morgan fingerprint density at radius 1 is 1.47 bits per heavy atom.